The molecule has 0 radical (unpaired) electrons. The second-order valence-electron chi connectivity index (χ2n) is 6.87. The molecule has 1 heterocycles. The van der Waals surface area contributed by atoms with Gasteiger partial charge in [0.15, 0.2) is 6.29 Å². The highest BCUT2D eigenvalue weighted by atomic mass is 16.7. The van der Waals surface area contributed by atoms with Crippen molar-refractivity contribution in [2.75, 3.05) is 34.5 Å². The Morgan fingerprint density at radius 1 is 1.17 bits per heavy atom. The van der Waals surface area contributed by atoms with Crippen molar-refractivity contribution in [2.24, 2.45) is 5.10 Å². The van der Waals surface area contributed by atoms with Gasteiger partial charge in [0.1, 0.15) is 0 Å². The standard InChI is InChI=1S/C19H34N2O3/c1-15-8-5-11-18(17(15)10-6-12-19(23-3)24-4)20-21-13-7-9-16(21)14-22-2/h16,19H,5-14H2,1-4H3/b20-18-/t16-/m0/s1. The number of hydrogen-bond donors (Lipinski definition) is 0. The number of ether oxygens (including phenoxy) is 3. The fourth-order valence-electron chi connectivity index (χ4n) is 3.78. The normalized spacial score (nSPS) is 23.8. The zero-order valence-electron chi connectivity index (χ0n) is 15.8. The first-order chi connectivity index (χ1) is 11.7. The summed E-state index contributed by atoms with van der Waals surface area (Å²) < 4.78 is 16.0. The molecule has 1 aliphatic carbocycles. The smallest absolute Gasteiger partial charge is 0.156 e. The van der Waals surface area contributed by atoms with Crippen LogP contribution in [0, 0.1) is 0 Å². The minimum atomic E-state index is -0.0976. The summed E-state index contributed by atoms with van der Waals surface area (Å²) in [5, 5.41) is 7.32. The van der Waals surface area contributed by atoms with Gasteiger partial charge in [-0.15, -0.1) is 0 Å². The fraction of sp³-hybridized carbons (Fsp3) is 0.842. The lowest BCUT2D eigenvalue weighted by molar-refractivity contribution is -0.106. The third-order valence-corrected chi connectivity index (χ3v) is 5.18. The summed E-state index contributed by atoms with van der Waals surface area (Å²) >= 11 is 0. The van der Waals surface area contributed by atoms with Crippen LogP contribution < -0.4 is 0 Å². The molecule has 138 valence electrons. The topological polar surface area (TPSA) is 43.3 Å². The van der Waals surface area contributed by atoms with Crippen molar-refractivity contribution < 1.29 is 14.2 Å². The van der Waals surface area contributed by atoms with Gasteiger partial charge in [-0.3, -0.25) is 5.01 Å². The summed E-state index contributed by atoms with van der Waals surface area (Å²) in [4.78, 5) is 0. The van der Waals surface area contributed by atoms with Crippen LogP contribution in [0.1, 0.15) is 58.3 Å². The van der Waals surface area contributed by atoms with Crippen LogP contribution in [0.15, 0.2) is 16.2 Å². The molecule has 1 atom stereocenters. The zero-order chi connectivity index (χ0) is 17.4. The molecule has 5 nitrogen and oxygen atoms in total. The number of hydrogen-bond acceptors (Lipinski definition) is 5. The van der Waals surface area contributed by atoms with Crippen molar-refractivity contribution >= 4 is 5.71 Å². The Bertz CT molecular complexity index is 444. The van der Waals surface area contributed by atoms with E-state index in [-0.39, 0.29) is 6.29 Å². The van der Waals surface area contributed by atoms with Gasteiger partial charge in [0.25, 0.3) is 0 Å². The van der Waals surface area contributed by atoms with Crippen LogP contribution in [0.3, 0.4) is 0 Å². The van der Waals surface area contributed by atoms with Crippen molar-refractivity contribution in [3.05, 3.63) is 11.1 Å². The van der Waals surface area contributed by atoms with Gasteiger partial charge in [-0.2, -0.15) is 5.10 Å². The first-order valence-corrected chi connectivity index (χ1v) is 9.27. The van der Waals surface area contributed by atoms with E-state index >= 15 is 0 Å². The van der Waals surface area contributed by atoms with E-state index < -0.39 is 0 Å². The molecule has 0 aromatic carbocycles. The molecule has 2 rings (SSSR count). The molecule has 1 aliphatic heterocycles. The molecule has 0 aromatic rings. The Morgan fingerprint density at radius 2 is 1.96 bits per heavy atom. The summed E-state index contributed by atoms with van der Waals surface area (Å²) in [5.41, 5.74) is 4.28. The second kappa shape index (κ2) is 10.2. The molecule has 0 aromatic heterocycles. The monoisotopic (exact) mass is 338 g/mol. The van der Waals surface area contributed by atoms with Crippen molar-refractivity contribution in [3.8, 4) is 0 Å². The van der Waals surface area contributed by atoms with E-state index in [9.17, 15) is 0 Å². The molecule has 1 saturated heterocycles. The lowest BCUT2D eigenvalue weighted by Crippen LogP contribution is -2.30. The van der Waals surface area contributed by atoms with Crippen LogP contribution in [-0.4, -0.2) is 57.5 Å². The van der Waals surface area contributed by atoms with E-state index in [1.807, 2.05) is 0 Å². The number of nitrogens with zero attached hydrogens (tertiary/aromatic N) is 2. The molecule has 24 heavy (non-hydrogen) atoms. The van der Waals surface area contributed by atoms with Crippen molar-refractivity contribution in [3.63, 3.8) is 0 Å². The molecule has 5 heteroatoms. The van der Waals surface area contributed by atoms with Gasteiger partial charge in [0, 0.05) is 27.9 Å². The molecular formula is C19H34N2O3. The van der Waals surface area contributed by atoms with Crippen molar-refractivity contribution in [1.82, 2.24) is 5.01 Å². The highest BCUT2D eigenvalue weighted by molar-refractivity contribution is 6.01. The van der Waals surface area contributed by atoms with Crippen LogP contribution in [0.5, 0.6) is 0 Å². The SMILES string of the molecule is COC[C@@H]1CCCN1/N=C1/CCCC(C)=C1CCCC(OC)OC. The van der Waals surface area contributed by atoms with E-state index in [1.165, 1.54) is 42.5 Å². The van der Waals surface area contributed by atoms with Crippen molar-refractivity contribution in [1.29, 1.82) is 0 Å². The number of allylic oxidation sites excluding steroid dienone is 2. The van der Waals surface area contributed by atoms with Crippen molar-refractivity contribution in [2.45, 2.75) is 70.6 Å². The Labute approximate surface area is 147 Å². The van der Waals surface area contributed by atoms with Gasteiger partial charge in [-0.25, -0.2) is 0 Å². The largest absolute Gasteiger partial charge is 0.382 e. The minimum Gasteiger partial charge on any atom is -0.382 e. The van der Waals surface area contributed by atoms with Crippen LogP contribution in [-0.2, 0) is 14.2 Å². The molecule has 0 bridgehead atoms. The lowest BCUT2D eigenvalue weighted by Gasteiger charge is -2.26. The number of rotatable bonds is 9. The molecule has 0 unspecified atom stereocenters. The summed E-state index contributed by atoms with van der Waals surface area (Å²) in [7, 11) is 5.19. The first-order valence-electron chi connectivity index (χ1n) is 9.27. The quantitative estimate of drug-likeness (QED) is 0.601. The molecule has 0 spiro atoms. The van der Waals surface area contributed by atoms with E-state index in [0.717, 1.165) is 38.8 Å². The van der Waals surface area contributed by atoms with Gasteiger partial charge < -0.3 is 14.2 Å². The maximum atomic E-state index is 5.36. The number of hydrazone groups is 1. The highest BCUT2D eigenvalue weighted by Crippen LogP contribution is 2.28. The van der Waals surface area contributed by atoms with Crippen LogP contribution >= 0.6 is 0 Å². The van der Waals surface area contributed by atoms with Gasteiger partial charge in [0.2, 0.25) is 0 Å². The molecular weight excluding hydrogens is 304 g/mol. The molecule has 1 fully saturated rings. The average molecular weight is 338 g/mol. The Morgan fingerprint density at radius 3 is 2.67 bits per heavy atom. The maximum Gasteiger partial charge on any atom is 0.156 e. The van der Waals surface area contributed by atoms with Gasteiger partial charge in [-0.1, -0.05) is 5.57 Å². The maximum absolute atomic E-state index is 5.36. The van der Waals surface area contributed by atoms with Gasteiger partial charge >= 0.3 is 0 Å². The first kappa shape index (κ1) is 19.4. The Balaban J connectivity index is 2.01. The third kappa shape index (κ3) is 5.30. The van der Waals surface area contributed by atoms with E-state index in [1.54, 1.807) is 21.3 Å². The summed E-state index contributed by atoms with van der Waals surface area (Å²) in [5.74, 6) is 0. The molecule has 0 saturated carbocycles. The highest BCUT2D eigenvalue weighted by Gasteiger charge is 2.25. The summed E-state index contributed by atoms with van der Waals surface area (Å²) in [6, 6.07) is 0.442. The Kier molecular flexibility index (Phi) is 8.22. The minimum absolute atomic E-state index is 0.0976. The predicted octanol–water partition coefficient (Wildman–Crippen LogP) is 3.74. The fourth-order valence-corrected chi connectivity index (χ4v) is 3.78. The zero-order valence-corrected chi connectivity index (χ0v) is 15.8. The summed E-state index contributed by atoms with van der Waals surface area (Å²) in [6.07, 6.45) is 8.88. The summed E-state index contributed by atoms with van der Waals surface area (Å²) in [6.45, 7) is 4.10. The van der Waals surface area contributed by atoms with Crippen LogP contribution in [0.4, 0.5) is 0 Å². The van der Waals surface area contributed by atoms with Crippen LogP contribution in [0.25, 0.3) is 0 Å². The van der Waals surface area contributed by atoms with Gasteiger partial charge in [-0.05, 0) is 63.9 Å². The van der Waals surface area contributed by atoms with E-state index in [4.69, 9.17) is 19.3 Å². The molecule has 0 amide bonds. The van der Waals surface area contributed by atoms with E-state index in [0.29, 0.717) is 6.04 Å². The Hall–Kier alpha value is -0.910. The lowest BCUT2D eigenvalue weighted by atomic mass is 9.88. The predicted molar refractivity (Wildman–Crippen MR) is 97.2 cm³/mol. The second-order valence-corrected chi connectivity index (χ2v) is 6.87. The number of methoxy groups -OCH3 is 3. The van der Waals surface area contributed by atoms with E-state index in [2.05, 4.69) is 11.9 Å². The van der Waals surface area contributed by atoms with Crippen LogP contribution in [0.2, 0.25) is 0 Å². The third-order valence-electron chi connectivity index (χ3n) is 5.18. The molecule has 0 N–H and O–H groups in total. The molecule has 2 aliphatic rings. The van der Waals surface area contributed by atoms with Gasteiger partial charge in [0.05, 0.1) is 18.4 Å². The average Bonchev–Trinajstić information content (AvgIpc) is 3.01.